The Morgan fingerprint density at radius 3 is 0.786 bits per heavy atom. The van der Waals surface area contributed by atoms with Gasteiger partial charge in [0.25, 0.3) is 0 Å². The molecule has 0 unspecified atom stereocenters. The average Bonchev–Trinajstić information content (AvgIpc) is 1.33. The zero-order chi connectivity index (χ0) is 6.28. The molecule has 0 atom stereocenters. The molecule has 0 spiro atoms. The summed E-state index contributed by atoms with van der Waals surface area (Å²) in [5, 5.41) is 21.1. The van der Waals surface area contributed by atoms with Crippen LogP contribution in [0.5, 0.6) is 0 Å². The van der Waals surface area contributed by atoms with Crippen molar-refractivity contribution in [3.05, 3.63) is 33.8 Å². The Morgan fingerprint density at radius 1 is 0.786 bits per heavy atom. The standard InChI is InChI=1S/CH2N3.CN2.H2N.6Pr/c2-1(3)4;2-1-3;;;;;;;/h(H2-3,2,3,4);;1H2;;;;;;/q-3;-2;-1;;;;;;. The number of guanidine groups is 1. The fraction of sp³-hybridized carbons (Fsp3) is 0. The van der Waals surface area contributed by atoms with Crippen LogP contribution in [0, 0.1) is 248 Å². The van der Waals surface area contributed by atoms with Crippen LogP contribution >= 0.6 is 0 Å². The van der Waals surface area contributed by atoms with E-state index in [1.807, 2.05) is 0 Å². The first-order chi connectivity index (χ1) is 3.15. The molecule has 0 saturated heterocycles. The predicted octanol–water partition coefficient (Wildman–Crippen LogP) is 2.03. The fourth-order valence-corrected chi connectivity index (χ4v) is 0. The molecule has 0 bridgehead atoms. The quantitative estimate of drug-likeness (QED) is 0.259. The molecule has 6 radical (unpaired) electrons. The van der Waals surface area contributed by atoms with Gasteiger partial charge in [0.15, 0.2) is 0 Å². The SMILES string of the molecule is [N-]=C([NH-])[NH-].[N-]=C=[N-].[NH2-].[Pr].[Pr].[Pr].[Pr].[Pr].[Pr]. The van der Waals surface area contributed by atoms with E-state index in [1.165, 1.54) is 0 Å². The summed E-state index contributed by atoms with van der Waals surface area (Å²) in [5.74, 6) is -1.08. The van der Waals surface area contributed by atoms with E-state index in [-0.39, 0.29) is 254 Å². The largest absolute Gasteiger partial charge is 0.845 e. The smallest absolute Gasteiger partial charge is 0 e. The molecule has 0 aliphatic rings. The first kappa shape index (κ1) is 58.6. The van der Waals surface area contributed by atoms with Gasteiger partial charge < -0.3 is 45.8 Å². The third kappa shape index (κ3) is 129. The van der Waals surface area contributed by atoms with Crippen LogP contribution in [0.4, 0.5) is 0 Å². The third-order valence-electron chi connectivity index (χ3n) is 0. The monoisotopic (exact) mass is 957 g/mol. The maximum atomic E-state index is 7.31. The number of rotatable bonds is 0. The van der Waals surface area contributed by atoms with E-state index in [9.17, 15) is 0 Å². The van der Waals surface area contributed by atoms with E-state index in [4.69, 9.17) is 27.7 Å². The summed E-state index contributed by atoms with van der Waals surface area (Å²) in [6, 6.07) is 0.750. The van der Waals surface area contributed by atoms with Crippen LogP contribution in [0.3, 0.4) is 0 Å². The predicted molar refractivity (Wildman–Crippen MR) is 34.0 cm³/mol. The van der Waals surface area contributed by atoms with Gasteiger partial charge in [-0.05, 0) is 0 Å². The summed E-state index contributed by atoms with van der Waals surface area (Å²) in [5.41, 5.74) is 11.4. The third-order valence-corrected chi connectivity index (χ3v) is 0. The Morgan fingerprint density at radius 2 is 0.786 bits per heavy atom. The summed E-state index contributed by atoms with van der Waals surface area (Å²) in [6.07, 6.45) is 0. The summed E-state index contributed by atoms with van der Waals surface area (Å²) in [6.45, 7) is 0. The minimum atomic E-state index is -1.08. The van der Waals surface area contributed by atoms with Gasteiger partial charge in [0.05, 0.1) is 0 Å². The van der Waals surface area contributed by atoms with Crippen LogP contribution in [0.2, 0.25) is 0 Å². The number of hydrogen-bond acceptors (Lipinski definition) is 0. The molecule has 12 heteroatoms. The zero-order valence-corrected chi connectivity index (χ0v) is 29.6. The second-order valence-corrected chi connectivity index (χ2v) is 0.449. The van der Waals surface area contributed by atoms with Gasteiger partial charge >= 0.3 is 0 Å². The van der Waals surface area contributed by atoms with E-state index >= 15 is 0 Å². The minimum Gasteiger partial charge on any atom is -0.845 e. The molecule has 0 amide bonds. The molecule has 0 aromatic heterocycles. The first-order valence-corrected chi connectivity index (χ1v) is 1.17. The van der Waals surface area contributed by atoms with Gasteiger partial charge in [-0.2, -0.15) is 0 Å². The van der Waals surface area contributed by atoms with Crippen LogP contribution < -0.4 is 0 Å². The van der Waals surface area contributed by atoms with Crippen LogP contribution in [0.15, 0.2) is 0 Å². The van der Waals surface area contributed by atoms with Gasteiger partial charge in [0.2, 0.25) is 0 Å². The summed E-state index contributed by atoms with van der Waals surface area (Å²) < 4.78 is 0. The van der Waals surface area contributed by atoms with Crippen LogP contribution in [-0.2, 0) is 0 Å². The van der Waals surface area contributed by atoms with Crippen molar-refractivity contribution in [3.8, 4) is 0 Å². The number of hydrogen-bond donors (Lipinski definition) is 0. The summed E-state index contributed by atoms with van der Waals surface area (Å²) >= 11 is 0. The number of nitrogens with one attached hydrogen (secondary N) is 2. The molecule has 0 fully saturated rings. The Hall–Kier alpha value is 6.79. The molecular formula is C2H4N6Pr6-6. The van der Waals surface area contributed by atoms with Gasteiger partial charge in [-0.3, -0.25) is 0 Å². The van der Waals surface area contributed by atoms with Crippen molar-refractivity contribution in [1.29, 1.82) is 0 Å². The van der Waals surface area contributed by atoms with E-state index in [0.29, 0.717) is 0 Å². The van der Waals surface area contributed by atoms with Crippen LogP contribution in [0.1, 0.15) is 0 Å². The van der Waals surface area contributed by atoms with Gasteiger partial charge in [-0.15, -0.1) is 0 Å². The average molecular weight is 958 g/mol. The molecule has 0 aromatic carbocycles. The maximum Gasteiger partial charge on any atom is 0 e. The molecule has 0 heterocycles. The molecule has 0 aliphatic carbocycles. The van der Waals surface area contributed by atoms with Crippen LogP contribution in [0.25, 0.3) is 33.8 Å². The van der Waals surface area contributed by atoms with Crippen molar-refractivity contribution in [3.63, 3.8) is 0 Å². The van der Waals surface area contributed by atoms with Crippen molar-refractivity contribution in [1.82, 2.24) is 0 Å². The molecule has 0 rings (SSSR count). The minimum absolute atomic E-state index is 0. The fourth-order valence-electron chi connectivity index (χ4n) is 0. The van der Waals surface area contributed by atoms with Gasteiger partial charge in [-0.25, -0.2) is 0 Å². The number of nitrogens with zero attached hydrogens (tertiary/aromatic N) is 3. The van der Waals surface area contributed by atoms with E-state index in [0.717, 1.165) is 6.01 Å². The van der Waals surface area contributed by atoms with Crippen molar-refractivity contribution in [2.75, 3.05) is 0 Å². The van der Waals surface area contributed by atoms with Crippen molar-refractivity contribution < 1.29 is 248 Å². The molecular weight excluding hydrogens is 954 g/mol. The van der Waals surface area contributed by atoms with E-state index in [2.05, 4.69) is 0 Å². The molecule has 14 heavy (non-hydrogen) atoms. The van der Waals surface area contributed by atoms with Crippen molar-refractivity contribution >= 4 is 12.0 Å². The molecule has 66 valence electrons. The number of nitrogens with two attached hydrogens (primary N) is 1. The first-order valence-electron chi connectivity index (χ1n) is 1.17. The van der Waals surface area contributed by atoms with Gasteiger partial charge in [-0.1, -0.05) is 0 Å². The van der Waals surface area contributed by atoms with E-state index < -0.39 is 5.96 Å². The van der Waals surface area contributed by atoms with E-state index in [1.54, 1.807) is 0 Å². The molecule has 6 nitrogen and oxygen atoms in total. The van der Waals surface area contributed by atoms with Gasteiger partial charge in [0.1, 0.15) is 0 Å². The molecule has 0 aromatic rings. The maximum absolute atomic E-state index is 7.31. The Balaban J connectivity index is -0.00000000344. The van der Waals surface area contributed by atoms with Crippen molar-refractivity contribution in [2.45, 2.75) is 0 Å². The zero-order valence-electron chi connectivity index (χ0n) is 7.38. The van der Waals surface area contributed by atoms with Crippen LogP contribution in [-0.4, -0.2) is 12.0 Å². The van der Waals surface area contributed by atoms with Gasteiger partial charge in [0, 0.05) is 248 Å². The molecule has 4 N–H and O–H groups in total. The van der Waals surface area contributed by atoms with Crippen molar-refractivity contribution in [2.24, 2.45) is 0 Å². The second kappa shape index (κ2) is 60.0. The Labute approximate surface area is 284 Å². The molecule has 0 aliphatic heterocycles. The second-order valence-electron chi connectivity index (χ2n) is 0.449. The summed E-state index contributed by atoms with van der Waals surface area (Å²) in [4.78, 5) is 0. The molecule has 0 saturated carbocycles. The summed E-state index contributed by atoms with van der Waals surface area (Å²) in [7, 11) is 0. The Bertz CT molecular complexity index is 88.3. The topological polar surface area (TPSA) is 148 Å². The Kier molecular flexibility index (Phi) is 251. The normalized spacial score (nSPS) is 2.29.